The number of nitrogens with one attached hydrogen (secondary N) is 1. The van der Waals surface area contributed by atoms with Crippen molar-refractivity contribution in [3.05, 3.63) is 46.4 Å². The molecular weight excluding hydrogens is 320 g/mol. The van der Waals surface area contributed by atoms with E-state index in [0.717, 1.165) is 50.2 Å². The van der Waals surface area contributed by atoms with Crippen molar-refractivity contribution in [1.29, 1.82) is 0 Å². The van der Waals surface area contributed by atoms with Gasteiger partial charge in [-0.1, -0.05) is 26.5 Å². The lowest BCUT2D eigenvalue weighted by atomic mass is 9.88. The summed E-state index contributed by atoms with van der Waals surface area (Å²) >= 11 is 0. The van der Waals surface area contributed by atoms with Crippen LogP contribution < -0.4 is 15.0 Å². The molecule has 4 rings (SSSR count). The fourth-order valence-corrected chi connectivity index (χ4v) is 4.88. The molecule has 0 unspecified atom stereocenters. The van der Waals surface area contributed by atoms with Crippen LogP contribution in [0.3, 0.4) is 0 Å². The highest BCUT2D eigenvalue weighted by atomic mass is 16.5. The molecule has 0 bridgehead atoms. The molecule has 1 N–H and O–H groups in total. The zero-order valence-electron chi connectivity index (χ0n) is 16.4. The van der Waals surface area contributed by atoms with E-state index in [1.165, 1.54) is 66.0 Å². The van der Waals surface area contributed by atoms with E-state index in [9.17, 15) is 0 Å². The van der Waals surface area contributed by atoms with Crippen LogP contribution in [0.5, 0.6) is 5.75 Å². The molecular formula is C23H32N2O. The summed E-state index contributed by atoms with van der Waals surface area (Å²) in [7, 11) is 0. The SMILES string of the molecule is C=C(Oc1c(CC)cc2c3c1CCCN3CCC2)C1=C(CC)NCCC1. The Balaban J connectivity index is 1.73. The lowest BCUT2D eigenvalue weighted by Crippen LogP contribution is -2.35. The molecule has 3 nitrogen and oxygen atoms in total. The maximum Gasteiger partial charge on any atom is 0.135 e. The van der Waals surface area contributed by atoms with Gasteiger partial charge in [-0.25, -0.2) is 0 Å². The third-order valence-electron chi connectivity index (χ3n) is 6.15. The summed E-state index contributed by atoms with van der Waals surface area (Å²) in [5.74, 6) is 1.96. The molecule has 0 saturated carbocycles. The molecule has 0 radical (unpaired) electrons. The van der Waals surface area contributed by atoms with Crippen LogP contribution >= 0.6 is 0 Å². The summed E-state index contributed by atoms with van der Waals surface area (Å²) in [6, 6.07) is 2.41. The number of nitrogens with zero attached hydrogens (tertiary/aromatic N) is 1. The molecule has 0 fully saturated rings. The van der Waals surface area contributed by atoms with Crippen molar-refractivity contribution in [3.8, 4) is 5.75 Å². The highest BCUT2D eigenvalue weighted by molar-refractivity contribution is 5.69. The van der Waals surface area contributed by atoms with Crippen molar-refractivity contribution in [2.24, 2.45) is 0 Å². The Morgan fingerprint density at radius 3 is 2.69 bits per heavy atom. The number of benzene rings is 1. The van der Waals surface area contributed by atoms with Gasteiger partial charge in [0.15, 0.2) is 0 Å². The number of anilines is 1. The summed E-state index contributed by atoms with van der Waals surface area (Å²) in [5, 5.41) is 3.54. The topological polar surface area (TPSA) is 24.5 Å². The van der Waals surface area contributed by atoms with Crippen molar-refractivity contribution >= 4 is 5.69 Å². The highest BCUT2D eigenvalue weighted by Crippen LogP contribution is 2.43. The van der Waals surface area contributed by atoms with Gasteiger partial charge in [0.25, 0.3) is 0 Å². The molecule has 3 aliphatic heterocycles. The van der Waals surface area contributed by atoms with Crippen LogP contribution in [-0.4, -0.2) is 19.6 Å². The molecule has 3 aliphatic rings. The van der Waals surface area contributed by atoms with Crippen molar-refractivity contribution in [2.45, 2.75) is 65.2 Å². The molecule has 3 heteroatoms. The van der Waals surface area contributed by atoms with Gasteiger partial charge < -0.3 is 15.0 Å². The first kappa shape index (κ1) is 17.5. The van der Waals surface area contributed by atoms with Crippen molar-refractivity contribution < 1.29 is 4.74 Å². The third kappa shape index (κ3) is 3.02. The van der Waals surface area contributed by atoms with Crippen LogP contribution in [0.1, 0.15) is 62.6 Å². The zero-order chi connectivity index (χ0) is 18.1. The van der Waals surface area contributed by atoms with Gasteiger partial charge in [0.05, 0.1) is 0 Å². The molecule has 26 heavy (non-hydrogen) atoms. The van der Waals surface area contributed by atoms with Gasteiger partial charge in [-0.05, 0) is 62.5 Å². The Bertz CT molecular complexity index is 745. The molecule has 1 aromatic carbocycles. The predicted octanol–water partition coefficient (Wildman–Crippen LogP) is 4.89. The first-order valence-electron chi connectivity index (χ1n) is 10.5. The Labute approximate surface area is 158 Å². The Hall–Kier alpha value is -1.90. The minimum atomic E-state index is 0.855. The van der Waals surface area contributed by atoms with Gasteiger partial charge in [-0.3, -0.25) is 0 Å². The molecule has 0 aliphatic carbocycles. The number of hydrogen-bond donors (Lipinski definition) is 1. The van der Waals surface area contributed by atoms with Crippen molar-refractivity contribution in [2.75, 3.05) is 24.5 Å². The minimum Gasteiger partial charge on any atom is -0.457 e. The van der Waals surface area contributed by atoms with Crippen LogP contribution in [0.25, 0.3) is 0 Å². The number of allylic oxidation sites excluding steroid dienone is 2. The van der Waals surface area contributed by atoms with Crippen LogP contribution in [0.15, 0.2) is 29.7 Å². The Morgan fingerprint density at radius 2 is 1.92 bits per heavy atom. The molecule has 140 valence electrons. The fraction of sp³-hybridized carbons (Fsp3) is 0.565. The average molecular weight is 353 g/mol. The first-order valence-corrected chi connectivity index (χ1v) is 10.5. The van der Waals surface area contributed by atoms with E-state index >= 15 is 0 Å². The number of aryl methyl sites for hydroxylation is 2. The smallest absolute Gasteiger partial charge is 0.135 e. The van der Waals surface area contributed by atoms with Gasteiger partial charge >= 0.3 is 0 Å². The van der Waals surface area contributed by atoms with E-state index in [0.29, 0.717) is 0 Å². The van der Waals surface area contributed by atoms with E-state index < -0.39 is 0 Å². The molecule has 0 atom stereocenters. The maximum atomic E-state index is 6.56. The second-order valence-corrected chi connectivity index (χ2v) is 7.77. The van der Waals surface area contributed by atoms with Gasteiger partial charge in [0.2, 0.25) is 0 Å². The number of rotatable bonds is 5. The monoisotopic (exact) mass is 352 g/mol. The van der Waals surface area contributed by atoms with Gasteiger partial charge in [0.1, 0.15) is 11.5 Å². The molecule has 3 heterocycles. The third-order valence-corrected chi connectivity index (χ3v) is 6.15. The predicted molar refractivity (Wildman–Crippen MR) is 109 cm³/mol. The second-order valence-electron chi connectivity index (χ2n) is 7.77. The summed E-state index contributed by atoms with van der Waals surface area (Å²) in [6.07, 6.45) is 9.11. The van der Waals surface area contributed by atoms with Gasteiger partial charge in [0, 0.05) is 42.2 Å². The van der Waals surface area contributed by atoms with Gasteiger partial charge in [-0.2, -0.15) is 0 Å². The van der Waals surface area contributed by atoms with Gasteiger partial charge in [-0.15, -0.1) is 0 Å². The summed E-state index contributed by atoms with van der Waals surface area (Å²) in [5.41, 5.74) is 8.41. The van der Waals surface area contributed by atoms with Crippen molar-refractivity contribution in [3.63, 3.8) is 0 Å². The number of hydrogen-bond acceptors (Lipinski definition) is 3. The lowest BCUT2D eigenvalue weighted by Gasteiger charge is -2.38. The molecule has 1 aromatic rings. The van der Waals surface area contributed by atoms with Crippen molar-refractivity contribution in [1.82, 2.24) is 5.32 Å². The van der Waals surface area contributed by atoms with Crippen LogP contribution in [0, 0.1) is 0 Å². The largest absolute Gasteiger partial charge is 0.457 e. The standard InChI is InChI=1S/C23H32N2O/c1-4-17-15-18-9-7-13-25-14-8-11-20(22(18)25)23(17)26-16(3)19-10-6-12-24-21(19)5-2/h15,24H,3-14H2,1-2H3. The average Bonchev–Trinajstić information content (AvgIpc) is 2.69. The van der Waals surface area contributed by atoms with E-state index in [1.807, 2.05) is 0 Å². The Kier molecular flexibility index (Phi) is 4.97. The van der Waals surface area contributed by atoms with E-state index in [-0.39, 0.29) is 0 Å². The normalized spacial score (nSPS) is 19.1. The highest BCUT2D eigenvalue weighted by Gasteiger charge is 2.29. The molecule has 0 spiro atoms. The maximum absolute atomic E-state index is 6.56. The summed E-state index contributed by atoms with van der Waals surface area (Å²) < 4.78 is 6.56. The molecule has 0 aromatic heterocycles. The minimum absolute atomic E-state index is 0.855. The fourth-order valence-electron chi connectivity index (χ4n) is 4.88. The molecule has 0 saturated heterocycles. The van der Waals surface area contributed by atoms with E-state index in [4.69, 9.17) is 4.74 Å². The second kappa shape index (κ2) is 7.38. The first-order chi connectivity index (χ1) is 12.7. The summed E-state index contributed by atoms with van der Waals surface area (Å²) in [4.78, 5) is 2.59. The Morgan fingerprint density at radius 1 is 1.12 bits per heavy atom. The van der Waals surface area contributed by atoms with E-state index in [1.54, 1.807) is 0 Å². The number of ether oxygens (including phenoxy) is 1. The summed E-state index contributed by atoms with van der Waals surface area (Å²) in [6.45, 7) is 12.2. The lowest BCUT2D eigenvalue weighted by molar-refractivity contribution is 0.413. The van der Waals surface area contributed by atoms with Crippen LogP contribution in [0.2, 0.25) is 0 Å². The molecule has 0 amide bonds. The van der Waals surface area contributed by atoms with E-state index in [2.05, 4.69) is 36.7 Å². The quantitative estimate of drug-likeness (QED) is 0.764. The zero-order valence-corrected chi connectivity index (χ0v) is 16.4. The van der Waals surface area contributed by atoms with Crippen LogP contribution in [-0.2, 0) is 19.3 Å². The van der Waals surface area contributed by atoms with Crippen LogP contribution in [0.4, 0.5) is 5.69 Å².